The van der Waals surface area contributed by atoms with Gasteiger partial charge in [0.25, 0.3) is 0 Å². The van der Waals surface area contributed by atoms with Crippen molar-refractivity contribution < 1.29 is 4.74 Å². The standard InChI is InChI=1S/C10H13N5OS/c1-13-7-11-15-9(13)6-8(12-10(15)17)14-2-4-16-5-3-14/h6-7H,2-5H2,1H3. The Bertz CT molecular complexity index is 598. The molecule has 1 aliphatic rings. The topological polar surface area (TPSA) is 47.6 Å². The van der Waals surface area contributed by atoms with Gasteiger partial charge < -0.3 is 14.2 Å². The highest BCUT2D eigenvalue weighted by Gasteiger charge is 2.14. The fourth-order valence-corrected chi connectivity index (χ4v) is 2.19. The van der Waals surface area contributed by atoms with Crippen LogP contribution in [0.25, 0.3) is 5.65 Å². The van der Waals surface area contributed by atoms with Gasteiger partial charge in [-0.1, -0.05) is 0 Å². The van der Waals surface area contributed by atoms with Crippen LogP contribution in [0, 0.1) is 4.77 Å². The molecule has 0 aliphatic carbocycles. The first-order valence-corrected chi connectivity index (χ1v) is 5.90. The fraction of sp³-hybridized carbons (Fsp3) is 0.500. The van der Waals surface area contributed by atoms with E-state index in [0.717, 1.165) is 37.8 Å². The summed E-state index contributed by atoms with van der Waals surface area (Å²) >= 11 is 5.24. The Balaban J connectivity index is 2.10. The molecule has 0 saturated carbocycles. The van der Waals surface area contributed by atoms with Gasteiger partial charge in [-0.2, -0.15) is 9.61 Å². The van der Waals surface area contributed by atoms with Crippen LogP contribution in [0.15, 0.2) is 12.4 Å². The molecule has 1 fully saturated rings. The van der Waals surface area contributed by atoms with Gasteiger partial charge in [0.2, 0.25) is 4.77 Å². The lowest BCUT2D eigenvalue weighted by Crippen LogP contribution is -2.36. The molecule has 0 unspecified atom stereocenters. The summed E-state index contributed by atoms with van der Waals surface area (Å²) < 4.78 is 9.42. The maximum Gasteiger partial charge on any atom is 0.224 e. The molecule has 0 radical (unpaired) electrons. The van der Waals surface area contributed by atoms with Crippen LogP contribution in [-0.4, -0.2) is 45.5 Å². The Morgan fingerprint density at radius 2 is 2.12 bits per heavy atom. The highest BCUT2D eigenvalue weighted by molar-refractivity contribution is 7.71. The van der Waals surface area contributed by atoms with Crippen molar-refractivity contribution in [2.75, 3.05) is 31.2 Å². The van der Waals surface area contributed by atoms with Crippen LogP contribution in [0.5, 0.6) is 0 Å². The molecule has 90 valence electrons. The SMILES string of the molecule is Cn1cnn2c(=S)nc(N3CCOCC3)cc12. The van der Waals surface area contributed by atoms with E-state index in [9.17, 15) is 0 Å². The molecule has 0 amide bonds. The Hall–Kier alpha value is -1.47. The van der Waals surface area contributed by atoms with Gasteiger partial charge in [0.1, 0.15) is 17.8 Å². The van der Waals surface area contributed by atoms with Gasteiger partial charge >= 0.3 is 0 Å². The number of hydrogen-bond donors (Lipinski definition) is 0. The first-order valence-electron chi connectivity index (χ1n) is 5.50. The molecule has 6 nitrogen and oxygen atoms in total. The van der Waals surface area contributed by atoms with Gasteiger partial charge in [0.15, 0.2) is 0 Å². The zero-order valence-electron chi connectivity index (χ0n) is 9.54. The summed E-state index contributed by atoms with van der Waals surface area (Å²) in [7, 11) is 1.94. The lowest BCUT2D eigenvalue weighted by molar-refractivity contribution is 0.122. The van der Waals surface area contributed by atoms with Gasteiger partial charge in [-0.15, -0.1) is 0 Å². The van der Waals surface area contributed by atoms with E-state index in [1.165, 1.54) is 0 Å². The molecule has 0 bridgehead atoms. The van der Waals surface area contributed by atoms with E-state index in [1.54, 1.807) is 10.8 Å². The second-order valence-electron chi connectivity index (χ2n) is 4.01. The summed E-state index contributed by atoms with van der Waals surface area (Å²) in [4.78, 5) is 6.60. The zero-order chi connectivity index (χ0) is 11.8. The number of morpholine rings is 1. The molecule has 0 spiro atoms. The molecule has 3 rings (SSSR count). The molecule has 0 N–H and O–H groups in total. The van der Waals surface area contributed by atoms with Crippen LogP contribution >= 0.6 is 12.2 Å². The van der Waals surface area contributed by atoms with Crippen LogP contribution in [0.3, 0.4) is 0 Å². The quantitative estimate of drug-likeness (QED) is 0.696. The van der Waals surface area contributed by atoms with Crippen molar-refractivity contribution in [1.82, 2.24) is 19.2 Å². The van der Waals surface area contributed by atoms with Crippen molar-refractivity contribution in [3.63, 3.8) is 0 Å². The molecule has 2 aromatic heterocycles. The second-order valence-corrected chi connectivity index (χ2v) is 4.37. The number of aryl methyl sites for hydroxylation is 1. The smallest absolute Gasteiger partial charge is 0.224 e. The minimum Gasteiger partial charge on any atom is -0.378 e. The Kier molecular flexibility index (Phi) is 2.56. The van der Waals surface area contributed by atoms with Gasteiger partial charge in [0.05, 0.1) is 13.2 Å². The Morgan fingerprint density at radius 3 is 2.88 bits per heavy atom. The van der Waals surface area contributed by atoms with Crippen molar-refractivity contribution in [3.05, 3.63) is 17.2 Å². The van der Waals surface area contributed by atoms with Gasteiger partial charge in [0, 0.05) is 26.2 Å². The first kappa shape index (κ1) is 10.7. The van der Waals surface area contributed by atoms with Gasteiger partial charge in [-0.25, -0.2) is 4.98 Å². The minimum absolute atomic E-state index is 0.490. The zero-order valence-corrected chi connectivity index (χ0v) is 10.4. The molecular formula is C10H13N5OS. The average Bonchev–Trinajstić information content (AvgIpc) is 2.73. The highest BCUT2D eigenvalue weighted by atomic mass is 32.1. The normalized spacial score (nSPS) is 16.6. The summed E-state index contributed by atoms with van der Waals surface area (Å²) in [6.45, 7) is 3.20. The van der Waals surface area contributed by atoms with Crippen LogP contribution in [-0.2, 0) is 11.8 Å². The van der Waals surface area contributed by atoms with E-state index in [-0.39, 0.29) is 0 Å². The summed E-state index contributed by atoms with van der Waals surface area (Å²) in [6, 6.07) is 2.01. The summed E-state index contributed by atoms with van der Waals surface area (Å²) in [5, 5.41) is 4.17. The summed E-state index contributed by atoms with van der Waals surface area (Å²) in [6.07, 6.45) is 1.73. The number of nitrogens with zero attached hydrogens (tertiary/aromatic N) is 5. The van der Waals surface area contributed by atoms with E-state index in [4.69, 9.17) is 17.0 Å². The van der Waals surface area contributed by atoms with Gasteiger partial charge in [-0.05, 0) is 12.2 Å². The predicted molar refractivity (Wildman–Crippen MR) is 65.8 cm³/mol. The third-order valence-electron chi connectivity index (χ3n) is 2.90. The largest absolute Gasteiger partial charge is 0.378 e. The molecule has 17 heavy (non-hydrogen) atoms. The molecule has 2 aromatic rings. The monoisotopic (exact) mass is 251 g/mol. The molecule has 0 atom stereocenters. The van der Waals surface area contributed by atoms with Crippen molar-refractivity contribution in [1.29, 1.82) is 0 Å². The highest BCUT2D eigenvalue weighted by Crippen LogP contribution is 2.15. The van der Waals surface area contributed by atoms with Crippen LogP contribution in [0.1, 0.15) is 0 Å². The number of ether oxygens (including phenoxy) is 1. The Labute approximate surface area is 103 Å². The van der Waals surface area contributed by atoms with Crippen LogP contribution in [0.2, 0.25) is 0 Å². The number of hydrogen-bond acceptors (Lipinski definition) is 5. The Morgan fingerprint density at radius 1 is 1.35 bits per heavy atom. The van der Waals surface area contributed by atoms with E-state index >= 15 is 0 Å². The van der Waals surface area contributed by atoms with Crippen LogP contribution < -0.4 is 4.90 Å². The van der Waals surface area contributed by atoms with Gasteiger partial charge in [-0.3, -0.25) is 0 Å². The predicted octanol–water partition coefficient (Wildman–Crippen LogP) is 0.634. The fourth-order valence-electron chi connectivity index (χ4n) is 1.95. The number of anilines is 1. The second kappa shape index (κ2) is 4.08. The first-order chi connectivity index (χ1) is 8.25. The molecular weight excluding hydrogens is 238 g/mol. The molecule has 0 aromatic carbocycles. The maximum absolute atomic E-state index is 5.33. The third-order valence-corrected chi connectivity index (χ3v) is 3.17. The number of fused-ring (bicyclic) bond motifs is 1. The maximum atomic E-state index is 5.33. The molecule has 1 saturated heterocycles. The summed E-state index contributed by atoms with van der Waals surface area (Å²) in [5.74, 6) is 0.905. The number of rotatable bonds is 1. The van der Waals surface area contributed by atoms with E-state index < -0.39 is 0 Å². The lowest BCUT2D eigenvalue weighted by Gasteiger charge is -2.27. The van der Waals surface area contributed by atoms with E-state index in [1.807, 2.05) is 17.7 Å². The molecule has 1 aliphatic heterocycles. The van der Waals surface area contributed by atoms with E-state index in [0.29, 0.717) is 4.77 Å². The van der Waals surface area contributed by atoms with Crippen molar-refractivity contribution in [3.8, 4) is 0 Å². The van der Waals surface area contributed by atoms with Crippen molar-refractivity contribution in [2.24, 2.45) is 7.05 Å². The van der Waals surface area contributed by atoms with Crippen molar-refractivity contribution >= 4 is 23.7 Å². The number of aromatic nitrogens is 4. The average molecular weight is 251 g/mol. The molecule has 7 heteroatoms. The van der Waals surface area contributed by atoms with Crippen molar-refractivity contribution in [2.45, 2.75) is 0 Å². The summed E-state index contributed by atoms with van der Waals surface area (Å²) in [5.41, 5.74) is 0.950. The van der Waals surface area contributed by atoms with Crippen LogP contribution in [0.4, 0.5) is 5.82 Å². The van der Waals surface area contributed by atoms with E-state index in [2.05, 4.69) is 15.0 Å². The third kappa shape index (κ3) is 1.81. The lowest BCUT2D eigenvalue weighted by atomic mass is 10.4. The minimum atomic E-state index is 0.490. The molecule has 3 heterocycles.